The average Bonchev–Trinajstić information content (AvgIpc) is 2.53. The van der Waals surface area contributed by atoms with E-state index in [0.717, 1.165) is 32.1 Å². The zero-order valence-electron chi connectivity index (χ0n) is 13.3. The SMILES string of the molecule is NCCCN(Cc1ccccc1)C1CCC12CCCCC2. The normalized spacial score (nSPS) is 24.2. The minimum Gasteiger partial charge on any atom is -0.330 e. The fourth-order valence-electron chi connectivity index (χ4n) is 4.55. The molecule has 2 aliphatic carbocycles. The van der Waals surface area contributed by atoms with Crippen LogP contribution in [0.25, 0.3) is 0 Å². The van der Waals surface area contributed by atoms with Crippen molar-refractivity contribution in [1.82, 2.24) is 4.90 Å². The summed E-state index contributed by atoms with van der Waals surface area (Å²) in [4.78, 5) is 2.75. The molecule has 1 spiro atoms. The Morgan fingerprint density at radius 3 is 2.43 bits per heavy atom. The van der Waals surface area contributed by atoms with Crippen molar-refractivity contribution in [2.45, 2.75) is 64.0 Å². The van der Waals surface area contributed by atoms with Crippen molar-refractivity contribution >= 4 is 0 Å². The summed E-state index contributed by atoms with van der Waals surface area (Å²) in [6.07, 6.45) is 11.3. The molecule has 1 unspecified atom stereocenters. The minimum absolute atomic E-state index is 0.654. The minimum atomic E-state index is 0.654. The molecule has 0 bridgehead atoms. The molecule has 2 nitrogen and oxygen atoms in total. The third kappa shape index (κ3) is 3.32. The highest BCUT2D eigenvalue weighted by molar-refractivity contribution is 5.15. The number of nitrogens with zero attached hydrogens (tertiary/aromatic N) is 1. The van der Waals surface area contributed by atoms with Gasteiger partial charge in [-0.3, -0.25) is 4.90 Å². The largest absolute Gasteiger partial charge is 0.330 e. The molecule has 1 aromatic carbocycles. The Kier molecular flexibility index (Phi) is 4.97. The third-order valence-corrected chi connectivity index (χ3v) is 5.79. The van der Waals surface area contributed by atoms with Crippen molar-refractivity contribution in [2.24, 2.45) is 11.1 Å². The van der Waals surface area contributed by atoms with Crippen molar-refractivity contribution < 1.29 is 0 Å². The molecule has 2 N–H and O–H groups in total. The van der Waals surface area contributed by atoms with Crippen molar-refractivity contribution in [3.63, 3.8) is 0 Å². The summed E-state index contributed by atoms with van der Waals surface area (Å²) in [6, 6.07) is 11.8. The summed E-state index contributed by atoms with van der Waals surface area (Å²) in [7, 11) is 0. The Hall–Kier alpha value is -0.860. The molecule has 0 heterocycles. The molecular weight excluding hydrogens is 256 g/mol. The lowest BCUT2D eigenvalue weighted by Crippen LogP contribution is -2.56. The van der Waals surface area contributed by atoms with Gasteiger partial charge in [0.1, 0.15) is 0 Å². The summed E-state index contributed by atoms with van der Waals surface area (Å²) in [5.74, 6) is 0. The molecule has 2 saturated carbocycles. The number of benzene rings is 1. The van der Waals surface area contributed by atoms with Gasteiger partial charge in [-0.15, -0.1) is 0 Å². The first-order valence-corrected chi connectivity index (χ1v) is 8.82. The zero-order chi connectivity index (χ0) is 14.5. The summed E-state index contributed by atoms with van der Waals surface area (Å²) in [5, 5.41) is 0. The van der Waals surface area contributed by atoms with Gasteiger partial charge in [0.25, 0.3) is 0 Å². The highest BCUT2D eigenvalue weighted by Gasteiger charge is 2.49. The topological polar surface area (TPSA) is 29.3 Å². The van der Waals surface area contributed by atoms with Crippen LogP contribution in [0.2, 0.25) is 0 Å². The van der Waals surface area contributed by atoms with Crippen molar-refractivity contribution in [3.05, 3.63) is 35.9 Å². The first-order valence-electron chi connectivity index (χ1n) is 8.82. The van der Waals surface area contributed by atoms with Gasteiger partial charge in [-0.2, -0.15) is 0 Å². The standard InChI is InChI=1S/C19H30N2/c20-14-7-15-21(16-17-8-3-1-4-9-17)18-10-13-19(18)11-5-2-6-12-19/h1,3-4,8-9,18H,2,5-7,10-16,20H2. The summed E-state index contributed by atoms with van der Waals surface area (Å²) in [5.41, 5.74) is 7.88. The van der Waals surface area contributed by atoms with Crippen LogP contribution in [0.15, 0.2) is 30.3 Å². The zero-order valence-corrected chi connectivity index (χ0v) is 13.3. The van der Waals surface area contributed by atoms with Crippen LogP contribution < -0.4 is 5.73 Å². The van der Waals surface area contributed by atoms with E-state index in [1.165, 1.54) is 50.5 Å². The molecule has 0 saturated heterocycles. The fourth-order valence-corrected chi connectivity index (χ4v) is 4.55. The molecule has 2 heteroatoms. The van der Waals surface area contributed by atoms with Gasteiger partial charge in [0.05, 0.1) is 0 Å². The lowest BCUT2D eigenvalue weighted by Gasteiger charge is -2.56. The number of rotatable bonds is 6. The monoisotopic (exact) mass is 286 g/mol. The number of nitrogens with two attached hydrogens (primary N) is 1. The van der Waals surface area contributed by atoms with Gasteiger partial charge >= 0.3 is 0 Å². The second-order valence-corrected chi connectivity index (χ2v) is 7.08. The Morgan fingerprint density at radius 1 is 1.05 bits per heavy atom. The second-order valence-electron chi connectivity index (χ2n) is 7.08. The van der Waals surface area contributed by atoms with Crippen molar-refractivity contribution in [2.75, 3.05) is 13.1 Å². The predicted octanol–water partition coefficient (Wildman–Crippen LogP) is 3.95. The predicted molar refractivity (Wildman–Crippen MR) is 89.1 cm³/mol. The maximum absolute atomic E-state index is 5.77. The van der Waals surface area contributed by atoms with E-state index in [1.807, 2.05) is 0 Å². The van der Waals surface area contributed by atoms with Crippen LogP contribution >= 0.6 is 0 Å². The number of hydrogen-bond acceptors (Lipinski definition) is 2. The van der Waals surface area contributed by atoms with Crippen LogP contribution in [-0.4, -0.2) is 24.0 Å². The Morgan fingerprint density at radius 2 is 1.81 bits per heavy atom. The van der Waals surface area contributed by atoms with Crippen molar-refractivity contribution in [3.8, 4) is 0 Å². The van der Waals surface area contributed by atoms with Gasteiger partial charge in [0.2, 0.25) is 0 Å². The molecule has 0 amide bonds. The highest BCUT2D eigenvalue weighted by Crippen LogP contribution is 2.54. The third-order valence-electron chi connectivity index (χ3n) is 5.79. The van der Waals surface area contributed by atoms with E-state index in [-0.39, 0.29) is 0 Å². The van der Waals surface area contributed by atoms with E-state index < -0.39 is 0 Å². The van der Waals surface area contributed by atoms with Gasteiger partial charge in [-0.05, 0) is 49.6 Å². The van der Waals surface area contributed by atoms with E-state index in [2.05, 4.69) is 35.2 Å². The lowest BCUT2D eigenvalue weighted by molar-refractivity contribution is -0.0569. The molecule has 0 aromatic heterocycles. The van der Waals surface area contributed by atoms with Gasteiger partial charge in [0.15, 0.2) is 0 Å². The van der Waals surface area contributed by atoms with E-state index in [1.54, 1.807) is 0 Å². The molecule has 2 aliphatic rings. The lowest BCUT2D eigenvalue weighted by atomic mass is 9.57. The Bertz CT molecular complexity index is 422. The van der Waals surface area contributed by atoms with E-state index in [0.29, 0.717) is 5.41 Å². The average molecular weight is 286 g/mol. The highest BCUT2D eigenvalue weighted by atomic mass is 15.2. The summed E-state index contributed by atoms with van der Waals surface area (Å²) >= 11 is 0. The summed E-state index contributed by atoms with van der Waals surface area (Å²) in [6.45, 7) is 3.08. The molecule has 0 aliphatic heterocycles. The van der Waals surface area contributed by atoms with E-state index >= 15 is 0 Å². The van der Waals surface area contributed by atoms with E-state index in [9.17, 15) is 0 Å². The second kappa shape index (κ2) is 6.93. The van der Waals surface area contributed by atoms with Crippen LogP contribution in [0.4, 0.5) is 0 Å². The molecule has 2 fully saturated rings. The quantitative estimate of drug-likeness (QED) is 0.858. The fraction of sp³-hybridized carbons (Fsp3) is 0.684. The molecule has 116 valence electrons. The first-order chi connectivity index (χ1) is 10.3. The smallest absolute Gasteiger partial charge is 0.0236 e. The van der Waals surface area contributed by atoms with Gasteiger partial charge in [-0.25, -0.2) is 0 Å². The van der Waals surface area contributed by atoms with Crippen LogP contribution in [0.5, 0.6) is 0 Å². The van der Waals surface area contributed by atoms with Gasteiger partial charge in [-0.1, -0.05) is 49.6 Å². The van der Waals surface area contributed by atoms with Gasteiger partial charge < -0.3 is 5.73 Å². The van der Waals surface area contributed by atoms with Crippen LogP contribution in [-0.2, 0) is 6.54 Å². The molecule has 0 radical (unpaired) electrons. The summed E-state index contributed by atoms with van der Waals surface area (Å²) < 4.78 is 0. The molecule has 3 rings (SSSR count). The Labute approximate surface area is 129 Å². The number of hydrogen-bond donors (Lipinski definition) is 1. The molecule has 1 aromatic rings. The molecular formula is C19H30N2. The maximum atomic E-state index is 5.77. The van der Waals surface area contributed by atoms with Crippen LogP contribution in [0.3, 0.4) is 0 Å². The van der Waals surface area contributed by atoms with Crippen LogP contribution in [0.1, 0.15) is 56.9 Å². The van der Waals surface area contributed by atoms with Crippen molar-refractivity contribution in [1.29, 1.82) is 0 Å². The van der Waals surface area contributed by atoms with Gasteiger partial charge in [0, 0.05) is 19.1 Å². The van der Waals surface area contributed by atoms with E-state index in [4.69, 9.17) is 5.73 Å². The Balaban J connectivity index is 1.69. The van der Waals surface area contributed by atoms with Crippen LogP contribution in [0, 0.1) is 5.41 Å². The molecule has 1 atom stereocenters. The maximum Gasteiger partial charge on any atom is 0.0236 e. The first kappa shape index (κ1) is 15.1. The molecule has 21 heavy (non-hydrogen) atoms.